The van der Waals surface area contributed by atoms with Gasteiger partial charge in [0.25, 0.3) is 0 Å². The van der Waals surface area contributed by atoms with Gasteiger partial charge >= 0.3 is 5.97 Å². The zero-order valence-corrected chi connectivity index (χ0v) is 8.48. The summed E-state index contributed by atoms with van der Waals surface area (Å²) in [4.78, 5) is 10.3. The van der Waals surface area contributed by atoms with Crippen molar-refractivity contribution in [2.75, 3.05) is 6.61 Å². The normalized spacial score (nSPS) is 10.6. The van der Waals surface area contributed by atoms with Crippen molar-refractivity contribution in [3.8, 4) is 5.88 Å². The maximum absolute atomic E-state index is 13.5. The van der Waals surface area contributed by atoms with Crippen molar-refractivity contribution in [2.45, 2.75) is 0 Å². The topological polar surface area (TPSA) is 64.4 Å². The van der Waals surface area contributed by atoms with Gasteiger partial charge in [-0.05, 0) is 12.1 Å². The Kier molecular flexibility index (Phi) is 2.47. The maximum Gasteiger partial charge on any atom is 0.341 e. The minimum Gasteiger partial charge on any atom is -0.479 e. The maximum atomic E-state index is 13.5. The number of carboxylic acids is 1. The van der Waals surface area contributed by atoms with E-state index in [2.05, 4.69) is 5.10 Å². The van der Waals surface area contributed by atoms with Crippen LogP contribution in [0.5, 0.6) is 5.88 Å². The zero-order chi connectivity index (χ0) is 11.7. The van der Waals surface area contributed by atoms with E-state index in [0.717, 1.165) is 0 Å². The minimum absolute atomic E-state index is 0.00185. The lowest BCUT2D eigenvalue weighted by molar-refractivity contribution is -0.139. The van der Waals surface area contributed by atoms with Crippen LogP contribution in [0.25, 0.3) is 10.9 Å². The van der Waals surface area contributed by atoms with E-state index in [0.29, 0.717) is 5.52 Å². The highest BCUT2D eigenvalue weighted by Gasteiger charge is 2.14. The number of nitrogens with zero attached hydrogens (tertiary/aromatic N) is 2. The van der Waals surface area contributed by atoms with Crippen LogP contribution in [-0.4, -0.2) is 27.5 Å². The molecule has 0 aliphatic heterocycles. The molecule has 6 heteroatoms. The number of benzene rings is 1. The Morgan fingerprint density at radius 3 is 3.06 bits per heavy atom. The van der Waals surface area contributed by atoms with Gasteiger partial charge < -0.3 is 9.84 Å². The highest BCUT2D eigenvalue weighted by Crippen LogP contribution is 2.26. The minimum atomic E-state index is -1.13. The van der Waals surface area contributed by atoms with Gasteiger partial charge in [0.05, 0.1) is 10.9 Å². The van der Waals surface area contributed by atoms with Crippen LogP contribution in [0.2, 0.25) is 0 Å². The largest absolute Gasteiger partial charge is 0.479 e. The Bertz CT molecular complexity index is 550. The molecule has 2 rings (SSSR count). The van der Waals surface area contributed by atoms with Crippen LogP contribution < -0.4 is 4.74 Å². The second kappa shape index (κ2) is 3.80. The van der Waals surface area contributed by atoms with Crippen LogP contribution >= 0.6 is 0 Å². The molecule has 1 aromatic heterocycles. The number of halogens is 1. The Labute approximate surface area is 90.0 Å². The lowest BCUT2D eigenvalue weighted by Crippen LogP contribution is -2.10. The molecule has 2 aromatic rings. The van der Waals surface area contributed by atoms with Crippen molar-refractivity contribution in [1.29, 1.82) is 0 Å². The predicted octanol–water partition coefficient (Wildman–Crippen LogP) is 1.18. The number of hydrogen-bond donors (Lipinski definition) is 1. The van der Waals surface area contributed by atoms with Crippen molar-refractivity contribution < 1.29 is 19.0 Å². The summed E-state index contributed by atoms with van der Waals surface area (Å²) < 4.78 is 19.9. The number of aryl methyl sites for hydroxylation is 1. The number of carbonyl (C=O) groups is 1. The van der Waals surface area contributed by atoms with Crippen molar-refractivity contribution >= 4 is 16.9 Å². The first-order valence-electron chi connectivity index (χ1n) is 4.55. The summed E-state index contributed by atoms with van der Waals surface area (Å²) in [5.41, 5.74) is 0.556. The standard InChI is InChI=1S/C10H9FN2O3/c1-13-7-4-2-3-6(11)9(7)10(12-13)16-5-8(14)15/h2-4H,5H2,1H3,(H,14,15). The van der Waals surface area contributed by atoms with E-state index in [9.17, 15) is 9.18 Å². The second-order valence-corrected chi connectivity index (χ2v) is 3.25. The van der Waals surface area contributed by atoms with Gasteiger partial charge in [-0.3, -0.25) is 4.68 Å². The van der Waals surface area contributed by atoms with E-state index in [1.165, 1.54) is 10.7 Å². The van der Waals surface area contributed by atoms with Gasteiger partial charge in [-0.25, -0.2) is 9.18 Å². The van der Waals surface area contributed by atoms with Gasteiger partial charge in [0, 0.05) is 7.05 Å². The Morgan fingerprint density at radius 2 is 2.38 bits per heavy atom. The van der Waals surface area contributed by atoms with Crippen LogP contribution in [0.1, 0.15) is 0 Å². The molecule has 1 aromatic carbocycles. The van der Waals surface area contributed by atoms with Gasteiger partial charge in [0.1, 0.15) is 5.82 Å². The summed E-state index contributed by atoms with van der Waals surface area (Å²) in [5, 5.41) is 12.6. The number of carboxylic acid groups (broad SMARTS) is 1. The first-order chi connectivity index (χ1) is 7.59. The van der Waals surface area contributed by atoms with E-state index in [4.69, 9.17) is 9.84 Å². The Balaban J connectivity index is 2.49. The highest BCUT2D eigenvalue weighted by molar-refractivity contribution is 5.85. The Morgan fingerprint density at radius 1 is 1.62 bits per heavy atom. The van der Waals surface area contributed by atoms with E-state index >= 15 is 0 Å². The van der Waals surface area contributed by atoms with Crippen molar-refractivity contribution in [3.05, 3.63) is 24.0 Å². The molecule has 0 saturated heterocycles. The lowest BCUT2D eigenvalue weighted by Gasteiger charge is -1.98. The van der Waals surface area contributed by atoms with Gasteiger partial charge in [0.15, 0.2) is 6.61 Å². The SMILES string of the molecule is Cn1nc(OCC(=O)O)c2c(F)cccc21. The molecule has 0 aliphatic rings. The second-order valence-electron chi connectivity index (χ2n) is 3.25. The molecule has 0 bridgehead atoms. The summed E-state index contributed by atoms with van der Waals surface area (Å²) in [6.07, 6.45) is 0. The predicted molar refractivity (Wildman–Crippen MR) is 53.8 cm³/mol. The fourth-order valence-corrected chi connectivity index (χ4v) is 1.47. The third kappa shape index (κ3) is 1.69. The summed E-state index contributed by atoms with van der Waals surface area (Å²) in [6.45, 7) is -0.541. The molecule has 0 spiro atoms. The molecule has 0 unspecified atom stereocenters. The molecule has 84 valence electrons. The highest BCUT2D eigenvalue weighted by atomic mass is 19.1. The number of aliphatic carboxylic acids is 1. The van der Waals surface area contributed by atoms with E-state index in [1.54, 1.807) is 19.2 Å². The van der Waals surface area contributed by atoms with E-state index in [1.807, 2.05) is 0 Å². The molecule has 0 fully saturated rings. The molecule has 16 heavy (non-hydrogen) atoms. The quantitative estimate of drug-likeness (QED) is 0.850. The first kappa shape index (κ1) is 10.4. The summed E-state index contributed by atoms with van der Waals surface area (Å²) >= 11 is 0. The average Bonchev–Trinajstić information content (AvgIpc) is 2.55. The monoisotopic (exact) mass is 224 g/mol. The fraction of sp³-hybridized carbons (Fsp3) is 0.200. The molecule has 1 N–H and O–H groups in total. The number of rotatable bonds is 3. The van der Waals surface area contributed by atoms with Crippen LogP contribution in [0.4, 0.5) is 4.39 Å². The van der Waals surface area contributed by atoms with E-state index < -0.39 is 18.4 Å². The lowest BCUT2D eigenvalue weighted by atomic mass is 10.2. The average molecular weight is 224 g/mol. The molecular weight excluding hydrogens is 215 g/mol. The third-order valence-corrected chi connectivity index (χ3v) is 2.13. The third-order valence-electron chi connectivity index (χ3n) is 2.13. The van der Waals surface area contributed by atoms with E-state index in [-0.39, 0.29) is 11.3 Å². The van der Waals surface area contributed by atoms with Crippen molar-refractivity contribution in [3.63, 3.8) is 0 Å². The van der Waals surface area contributed by atoms with Crippen molar-refractivity contribution in [1.82, 2.24) is 9.78 Å². The number of ether oxygens (including phenoxy) is 1. The molecule has 5 nitrogen and oxygen atoms in total. The van der Waals surface area contributed by atoms with Crippen LogP contribution in [0.3, 0.4) is 0 Å². The van der Waals surface area contributed by atoms with Crippen LogP contribution in [0, 0.1) is 5.82 Å². The summed E-state index contributed by atoms with van der Waals surface area (Å²) in [5.74, 6) is -1.61. The Hall–Kier alpha value is -2.11. The zero-order valence-electron chi connectivity index (χ0n) is 8.48. The fourth-order valence-electron chi connectivity index (χ4n) is 1.47. The number of aromatic nitrogens is 2. The van der Waals surface area contributed by atoms with Crippen molar-refractivity contribution in [2.24, 2.45) is 7.05 Å². The smallest absolute Gasteiger partial charge is 0.341 e. The molecule has 0 atom stereocenters. The molecule has 0 aliphatic carbocycles. The summed E-state index contributed by atoms with van der Waals surface area (Å²) in [7, 11) is 1.63. The van der Waals surface area contributed by atoms with Gasteiger partial charge in [-0.15, -0.1) is 5.10 Å². The molecule has 0 saturated carbocycles. The van der Waals surface area contributed by atoms with Gasteiger partial charge in [0.2, 0.25) is 5.88 Å². The van der Waals surface area contributed by atoms with Crippen LogP contribution in [-0.2, 0) is 11.8 Å². The first-order valence-corrected chi connectivity index (χ1v) is 4.55. The molecular formula is C10H9FN2O3. The number of fused-ring (bicyclic) bond motifs is 1. The number of hydrogen-bond acceptors (Lipinski definition) is 3. The van der Waals surface area contributed by atoms with Gasteiger partial charge in [-0.2, -0.15) is 0 Å². The molecule has 0 amide bonds. The molecule has 0 radical (unpaired) electrons. The summed E-state index contributed by atoms with van der Waals surface area (Å²) in [6, 6.07) is 4.51. The van der Waals surface area contributed by atoms with Crippen LogP contribution in [0.15, 0.2) is 18.2 Å². The van der Waals surface area contributed by atoms with Gasteiger partial charge in [-0.1, -0.05) is 6.07 Å². The molecule has 1 heterocycles.